The van der Waals surface area contributed by atoms with Gasteiger partial charge in [-0.2, -0.15) is 0 Å². The fourth-order valence-corrected chi connectivity index (χ4v) is 3.36. The molecule has 0 spiro atoms. The van der Waals surface area contributed by atoms with Gasteiger partial charge in [0.25, 0.3) is 11.4 Å². The first-order valence-electron chi connectivity index (χ1n) is 7.56. The summed E-state index contributed by atoms with van der Waals surface area (Å²) in [5, 5.41) is 22.8. The van der Waals surface area contributed by atoms with Crippen molar-refractivity contribution < 1.29 is 19.3 Å². The fraction of sp³-hybridized carbons (Fsp3) is 0.118. The minimum absolute atomic E-state index is 0.0165. The van der Waals surface area contributed by atoms with Gasteiger partial charge in [0.1, 0.15) is 5.01 Å². The second kappa shape index (κ2) is 7.38. The monoisotopic (exact) mass is 387 g/mol. The first-order valence-corrected chi connectivity index (χ1v) is 8.38. The summed E-state index contributed by atoms with van der Waals surface area (Å²) in [7, 11) is 2.84. The van der Waals surface area contributed by atoms with Gasteiger partial charge < -0.3 is 9.47 Å². The number of hydrogen-bond acceptors (Lipinski definition) is 8. The fourth-order valence-electron chi connectivity index (χ4n) is 2.45. The molecule has 0 saturated heterocycles. The van der Waals surface area contributed by atoms with Crippen LogP contribution < -0.4 is 9.47 Å². The van der Waals surface area contributed by atoms with Crippen LogP contribution in [-0.2, 0) is 0 Å². The Labute approximate surface area is 156 Å². The van der Waals surface area contributed by atoms with E-state index in [2.05, 4.69) is 4.98 Å². The van der Waals surface area contributed by atoms with Gasteiger partial charge in [-0.1, -0.05) is 0 Å². The lowest BCUT2D eigenvalue weighted by Gasteiger charge is -2.08. The average Bonchev–Trinajstić information content (AvgIpc) is 3.07. The highest BCUT2D eigenvalue weighted by atomic mass is 32.1. The third kappa shape index (κ3) is 3.70. The zero-order valence-corrected chi connectivity index (χ0v) is 15.1. The van der Waals surface area contributed by atoms with E-state index in [9.17, 15) is 20.2 Å². The Balaban J connectivity index is 2.01. The Kier molecular flexibility index (Phi) is 4.99. The van der Waals surface area contributed by atoms with Crippen molar-refractivity contribution in [2.45, 2.75) is 0 Å². The van der Waals surface area contributed by atoms with Crippen LogP contribution in [0.25, 0.3) is 22.4 Å². The minimum atomic E-state index is -0.511. The Morgan fingerprint density at radius 3 is 2.33 bits per heavy atom. The van der Waals surface area contributed by atoms with Crippen LogP contribution in [0.2, 0.25) is 0 Å². The number of non-ortho nitro benzene ring substituents is 1. The maximum absolute atomic E-state index is 11.3. The lowest BCUT2D eigenvalue weighted by atomic mass is 10.1. The van der Waals surface area contributed by atoms with E-state index in [4.69, 9.17) is 9.47 Å². The molecular formula is C17H13N3O6S. The van der Waals surface area contributed by atoms with Crippen LogP contribution in [0.1, 0.15) is 10.6 Å². The number of fused-ring (bicyclic) bond motifs is 1. The number of nitrogens with zero attached hydrogens (tertiary/aromatic N) is 3. The van der Waals surface area contributed by atoms with Gasteiger partial charge in [-0.25, -0.2) is 4.98 Å². The zero-order chi connectivity index (χ0) is 19.6. The van der Waals surface area contributed by atoms with Crippen LogP contribution in [0.15, 0.2) is 30.3 Å². The molecule has 0 N–H and O–H groups in total. The molecule has 3 rings (SSSR count). The van der Waals surface area contributed by atoms with Crippen molar-refractivity contribution in [2.24, 2.45) is 0 Å². The van der Waals surface area contributed by atoms with Crippen LogP contribution >= 0.6 is 11.3 Å². The van der Waals surface area contributed by atoms with E-state index in [1.54, 1.807) is 18.2 Å². The van der Waals surface area contributed by atoms with Gasteiger partial charge >= 0.3 is 0 Å². The van der Waals surface area contributed by atoms with E-state index in [1.807, 2.05) is 0 Å². The average molecular weight is 387 g/mol. The quantitative estimate of drug-likeness (QED) is 0.457. The molecule has 0 radical (unpaired) electrons. The number of ether oxygens (including phenoxy) is 2. The van der Waals surface area contributed by atoms with Crippen molar-refractivity contribution in [3.63, 3.8) is 0 Å². The molecule has 138 valence electrons. The first-order chi connectivity index (χ1) is 12.9. The molecule has 1 heterocycles. The molecule has 3 aromatic rings. The predicted molar refractivity (Wildman–Crippen MR) is 101 cm³/mol. The van der Waals surface area contributed by atoms with Crippen molar-refractivity contribution in [2.75, 3.05) is 14.2 Å². The summed E-state index contributed by atoms with van der Waals surface area (Å²) in [6.07, 6.45) is 3.16. The third-order valence-electron chi connectivity index (χ3n) is 3.73. The molecule has 10 heteroatoms. The molecule has 0 fully saturated rings. The van der Waals surface area contributed by atoms with Crippen molar-refractivity contribution >= 4 is 45.1 Å². The highest BCUT2D eigenvalue weighted by molar-refractivity contribution is 7.19. The van der Waals surface area contributed by atoms with Gasteiger partial charge in [-0.15, -0.1) is 11.3 Å². The summed E-state index contributed by atoms with van der Waals surface area (Å²) in [6.45, 7) is 0. The molecule has 9 nitrogen and oxygen atoms in total. The lowest BCUT2D eigenvalue weighted by molar-refractivity contribution is -0.385. The first kappa shape index (κ1) is 18.3. The number of nitro groups is 2. The molecule has 0 unspecified atom stereocenters. The normalized spacial score (nSPS) is 11.0. The summed E-state index contributed by atoms with van der Waals surface area (Å²) in [5.74, 6) is 0.622. The summed E-state index contributed by atoms with van der Waals surface area (Å²) >= 11 is 1.25. The van der Waals surface area contributed by atoms with Crippen molar-refractivity contribution in [3.8, 4) is 11.5 Å². The van der Waals surface area contributed by atoms with Crippen molar-refractivity contribution in [1.29, 1.82) is 0 Å². The molecule has 0 saturated carbocycles. The van der Waals surface area contributed by atoms with Crippen LogP contribution in [-0.4, -0.2) is 29.1 Å². The number of methoxy groups -OCH3 is 2. The van der Waals surface area contributed by atoms with E-state index in [1.165, 1.54) is 49.8 Å². The third-order valence-corrected chi connectivity index (χ3v) is 4.72. The number of hydrogen-bond donors (Lipinski definition) is 0. The summed E-state index contributed by atoms with van der Waals surface area (Å²) < 4.78 is 10.9. The van der Waals surface area contributed by atoms with Crippen LogP contribution in [0, 0.1) is 20.2 Å². The largest absolute Gasteiger partial charge is 0.493 e. The summed E-state index contributed by atoms with van der Waals surface area (Å²) in [5.41, 5.74) is 0.785. The van der Waals surface area contributed by atoms with Gasteiger partial charge in [0.2, 0.25) is 0 Å². The molecular weight excluding hydrogens is 374 g/mol. The van der Waals surface area contributed by atoms with Gasteiger partial charge in [0, 0.05) is 12.1 Å². The molecule has 0 atom stereocenters. The Morgan fingerprint density at radius 2 is 1.70 bits per heavy atom. The van der Waals surface area contributed by atoms with Crippen LogP contribution in [0.5, 0.6) is 11.5 Å². The zero-order valence-electron chi connectivity index (χ0n) is 14.2. The van der Waals surface area contributed by atoms with Gasteiger partial charge in [0.15, 0.2) is 11.5 Å². The van der Waals surface area contributed by atoms with Gasteiger partial charge in [-0.3, -0.25) is 20.2 Å². The molecule has 27 heavy (non-hydrogen) atoms. The number of benzene rings is 2. The van der Waals surface area contributed by atoms with Gasteiger partial charge in [-0.05, 0) is 24.3 Å². The van der Waals surface area contributed by atoms with E-state index in [-0.39, 0.29) is 17.1 Å². The number of nitro benzene ring substituents is 2. The molecule has 0 aliphatic heterocycles. The number of thiazole rings is 1. The van der Waals surface area contributed by atoms with E-state index >= 15 is 0 Å². The highest BCUT2D eigenvalue weighted by Crippen LogP contribution is 2.36. The Hall–Kier alpha value is -3.53. The number of rotatable bonds is 6. The van der Waals surface area contributed by atoms with E-state index < -0.39 is 9.85 Å². The Morgan fingerprint density at radius 1 is 1.00 bits per heavy atom. The van der Waals surface area contributed by atoms with Crippen molar-refractivity contribution in [1.82, 2.24) is 4.98 Å². The minimum Gasteiger partial charge on any atom is -0.493 e. The second-order valence-corrected chi connectivity index (χ2v) is 6.38. The SMILES string of the molecule is COc1cc(/C=C/c2nc3ccc([N+](=O)[O-])cc3s2)c([N+](=O)[O-])cc1OC. The molecule has 2 aromatic carbocycles. The standard InChI is InChI=1S/C17H13N3O6S/c1-25-14-7-10(13(20(23)24)9-15(14)26-2)3-6-17-18-12-5-4-11(19(21)22)8-16(12)27-17/h3-9H,1-2H3/b6-3+. The predicted octanol–water partition coefficient (Wildman–Crippen LogP) is 4.30. The van der Waals surface area contributed by atoms with Gasteiger partial charge in [0.05, 0.1) is 45.9 Å². The molecule has 0 aliphatic carbocycles. The number of aromatic nitrogens is 1. The highest BCUT2D eigenvalue weighted by Gasteiger charge is 2.18. The lowest BCUT2D eigenvalue weighted by Crippen LogP contribution is -1.96. The summed E-state index contributed by atoms with van der Waals surface area (Å²) in [6, 6.07) is 7.20. The van der Waals surface area contributed by atoms with Crippen molar-refractivity contribution in [3.05, 3.63) is 61.1 Å². The second-order valence-electron chi connectivity index (χ2n) is 5.32. The molecule has 1 aromatic heterocycles. The molecule has 0 bridgehead atoms. The summed E-state index contributed by atoms with van der Waals surface area (Å²) in [4.78, 5) is 25.6. The maximum Gasteiger partial charge on any atom is 0.280 e. The smallest absolute Gasteiger partial charge is 0.280 e. The topological polar surface area (TPSA) is 118 Å². The Bertz CT molecular complexity index is 1080. The van der Waals surface area contributed by atoms with E-state index in [0.717, 1.165) is 0 Å². The maximum atomic E-state index is 11.3. The molecule has 0 amide bonds. The van der Waals surface area contributed by atoms with Crippen LogP contribution in [0.4, 0.5) is 11.4 Å². The molecule has 0 aliphatic rings. The van der Waals surface area contributed by atoms with E-state index in [0.29, 0.717) is 26.5 Å². The van der Waals surface area contributed by atoms with Crippen LogP contribution in [0.3, 0.4) is 0 Å².